The van der Waals surface area contributed by atoms with Gasteiger partial charge < -0.3 is 39.2 Å². The Labute approximate surface area is 334 Å². The van der Waals surface area contributed by atoms with Gasteiger partial charge in [-0.2, -0.15) is 0 Å². The molecule has 3 heterocycles. The molecule has 0 bridgehead atoms. The highest BCUT2D eigenvalue weighted by Crippen LogP contribution is 2.46. The topological polar surface area (TPSA) is 197 Å². The Morgan fingerprint density at radius 2 is 1.79 bits per heavy atom. The van der Waals surface area contributed by atoms with Crippen LogP contribution in [0.4, 0.5) is 14.7 Å². The Hall–Kier alpha value is -5.71. The van der Waals surface area contributed by atoms with Gasteiger partial charge in [0.25, 0.3) is 0 Å². The third-order valence-corrected chi connectivity index (χ3v) is 11.0. The molecule has 5 atom stereocenters. The highest BCUT2D eigenvalue weighted by molar-refractivity contribution is 7.14. The van der Waals surface area contributed by atoms with Gasteiger partial charge in [-0.15, -0.1) is 17.9 Å². The summed E-state index contributed by atoms with van der Waals surface area (Å²) in [7, 11) is 2.78. The van der Waals surface area contributed by atoms with E-state index in [0.717, 1.165) is 25.7 Å². The van der Waals surface area contributed by atoms with Crippen LogP contribution in [0, 0.1) is 5.92 Å². The maximum atomic E-state index is 14.4. The molecule has 0 unspecified atom stereocenters. The number of ether oxygens (including phenoxy) is 5. The first-order valence-corrected chi connectivity index (χ1v) is 19.7. The Morgan fingerprint density at radius 1 is 1.04 bits per heavy atom. The largest absolute Gasteiger partial charge is 0.497 e. The van der Waals surface area contributed by atoms with Crippen molar-refractivity contribution in [3.8, 4) is 22.9 Å². The summed E-state index contributed by atoms with van der Waals surface area (Å²) in [4.78, 5) is 77.4. The zero-order chi connectivity index (χ0) is 41.0. The maximum absolute atomic E-state index is 14.4. The first-order chi connectivity index (χ1) is 27.2. The lowest BCUT2D eigenvalue weighted by Crippen LogP contribution is -2.56. The number of carbonyl (C=O) groups is 5. The van der Waals surface area contributed by atoms with E-state index in [9.17, 15) is 24.0 Å². The molecule has 16 nitrogen and oxygen atoms in total. The lowest BCUT2D eigenvalue weighted by molar-refractivity contribution is -0.148. The summed E-state index contributed by atoms with van der Waals surface area (Å²) in [6.07, 6.45) is 2.58. The van der Waals surface area contributed by atoms with Crippen molar-refractivity contribution in [2.75, 3.05) is 26.1 Å². The molecule has 3 fully saturated rings. The van der Waals surface area contributed by atoms with Crippen molar-refractivity contribution in [1.29, 1.82) is 0 Å². The second kappa shape index (κ2) is 17.2. The maximum Gasteiger partial charge on any atom is 0.413 e. The van der Waals surface area contributed by atoms with Gasteiger partial charge in [0.1, 0.15) is 47.0 Å². The van der Waals surface area contributed by atoms with Crippen LogP contribution in [-0.4, -0.2) is 102 Å². The third kappa shape index (κ3) is 9.14. The monoisotopic (exact) mass is 804 g/mol. The first-order valence-electron chi connectivity index (χ1n) is 18.8. The van der Waals surface area contributed by atoms with E-state index in [1.54, 1.807) is 56.5 Å². The van der Waals surface area contributed by atoms with Crippen molar-refractivity contribution in [1.82, 2.24) is 25.5 Å². The minimum absolute atomic E-state index is 0.0288. The van der Waals surface area contributed by atoms with Crippen molar-refractivity contribution in [3.05, 3.63) is 54.5 Å². The normalized spacial score (nSPS) is 22.0. The molecule has 3 aromatic rings. The van der Waals surface area contributed by atoms with Crippen molar-refractivity contribution in [2.24, 2.45) is 5.92 Å². The van der Waals surface area contributed by atoms with E-state index >= 15 is 0 Å². The number of pyridine rings is 1. The summed E-state index contributed by atoms with van der Waals surface area (Å²) in [5.41, 5.74) is 0.397. The fourth-order valence-corrected chi connectivity index (χ4v) is 7.91. The summed E-state index contributed by atoms with van der Waals surface area (Å²) in [5, 5.41) is 10.8. The SMILES string of the molecule is C=C[C@@H]1C[C@]1(NC(=O)[C@@H]1C[C@@H](Oc2cc(-c3csc(NC(=O)OC(C)C)n3)nc3cc(OC)ccc23)CN1C(=O)[C@@H](NC(=O)OC1CCCC1)C(=C)C)C(=O)OC. The van der Waals surface area contributed by atoms with Crippen molar-refractivity contribution >= 4 is 57.3 Å². The fourth-order valence-electron chi connectivity index (χ4n) is 7.22. The number of carbonyl (C=O) groups excluding carboxylic acids is 5. The predicted molar refractivity (Wildman–Crippen MR) is 211 cm³/mol. The minimum Gasteiger partial charge on any atom is -0.497 e. The highest BCUT2D eigenvalue weighted by atomic mass is 32.1. The Morgan fingerprint density at radius 3 is 2.44 bits per heavy atom. The molecule has 57 heavy (non-hydrogen) atoms. The van der Waals surface area contributed by atoms with Gasteiger partial charge >= 0.3 is 18.2 Å². The smallest absolute Gasteiger partial charge is 0.413 e. The van der Waals surface area contributed by atoms with Gasteiger partial charge in [-0.1, -0.05) is 12.7 Å². The minimum atomic E-state index is -1.32. The van der Waals surface area contributed by atoms with Crippen LogP contribution in [-0.2, 0) is 28.6 Å². The molecule has 2 saturated carbocycles. The van der Waals surface area contributed by atoms with Crippen LogP contribution in [0.5, 0.6) is 11.5 Å². The molecule has 0 radical (unpaired) electrons. The molecule has 17 heteroatoms. The quantitative estimate of drug-likeness (QED) is 0.105. The molecule has 2 aromatic heterocycles. The average Bonchev–Trinajstić information content (AvgIpc) is 3.60. The number of fused-ring (bicyclic) bond motifs is 1. The van der Waals surface area contributed by atoms with E-state index in [2.05, 4.69) is 34.1 Å². The van der Waals surface area contributed by atoms with Crippen LogP contribution < -0.4 is 25.4 Å². The molecule has 1 aromatic carbocycles. The molecule has 304 valence electrons. The predicted octanol–water partition coefficient (Wildman–Crippen LogP) is 5.52. The van der Waals surface area contributed by atoms with Crippen LogP contribution >= 0.6 is 11.3 Å². The molecule has 6 rings (SSSR count). The number of nitrogens with zero attached hydrogens (tertiary/aromatic N) is 3. The molecular weight excluding hydrogens is 757 g/mol. The first kappa shape index (κ1) is 40.9. The van der Waals surface area contributed by atoms with E-state index in [0.29, 0.717) is 50.9 Å². The lowest BCUT2D eigenvalue weighted by atomic mass is 10.1. The standard InChI is InChI=1S/C40H48N6O10S/c1-8-23-18-40(23,36(49)53-7)45-34(47)31-16-26(19-46(31)35(48)33(21(2)3)43-38(50)56-24-11-9-10-12-24)55-32-17-29(41-28-15-25(52-6)13-14-27(28)32)30-20-57-37(42-30)44-39(51)54-22(4)5/h8,13-15,17,20,22-24,26,31,33H,1-2,9-12,16,18-19H2,3-7H3,(H,43,50)(H,45,47)(H,42,44,51)/t23-,26-,31+,33+,40-/m1/s1. The fraction of sp³-hybridized carbons (Fsp3) is 0.475. The number of thiazole rings is 1. The summed E-state index contributed by atoms with van der Waals surface area (Å²) in [6.45, 7) is 12.8. The van der Waals surface area contributed by atoms with E-state index in [1.807, 2.05) is 0 Å². The summed E-state index contributed by atoms with van der Waals surface area (Å²) in [6, 6.07) is 4.66. The zero-order valence-corrected chi connectivity index (χ0v) is 33.4. The molecule has 1 saturated heterocycles. The number of amides is 4. The van der Waals surface area contributed by atoms with Gasteiger partial charge in [0, 0.05) is 35.2 Å². The molecular formula is C40H48N6O10S. The Balaban J connectivity index is 1.31. The number of hydrogen-bond donors (Lipinski definition) is 3. The molecule has 3 N–H and O–H groups in total. The van der Waals surface area contributed by atoms with Gasteiger partial charge in [0.2, 0.25) is 11.8 Å². The zero-order valence-electron chi connectivity index (χ0n) is 32.6. The van der Waals surface area contributed by atoms with Gasteiger partial charge in [-0.25, -0.2) is 24.4 Å². The third-order valence-electron chi connectivity index (χ3n) is 10.2. The number of anilines is 1. The number of methoxy groups -OCH3 is 2. The number of likely N-dealkylation sites (tertiary alicyclic amines) is 1. The van der Waals surface area contributed by atoms with Crippen LogP contribution in [0.2, 0.25) is 0 Å². The molecule has 4 amide bonds. The second-order valence-electron chi connectivity index (χ2n) is 14.7. The number of aromatic nitrogens is 2. The van der Waals surface area contributed by atoms with Crippen LogP contribution in [0.1, 0.15) is 59.3 Å². The second-order valence-corrected chi connectivity index (χ2v) is 15.6. The molecule has 0 spiro atoms. The van der Waals surface area contributed by atoms with Crippen molar-refractivity contribution in [2.45, 2.75) is 95.2 Å². The lowest BCUT2D eigenvalue weighted by Gasteiger charge is -2.29. The Kier molecular flexibility index (Phi) is 12.4. The number of benzene rings is 1. The summed E-state index contributed by atoms with van der Waals surface area (Å²) >= 11 is 1.19. The average molecular weight is 805 g/mol. The number of esters is 1. The van der Waals surface area contributed by atoms with Crippen molar-refractivity contribution in [3.63, 3.8) is 0 Å². The van der Waals surface area contributed by atoms with Gasteiger partial charge in [0.05, 0.1) is 38.1 Å². The van der Waals surface area contributed by atoms with Crippen LogP contribution in [0.3, 0.4) is 0 Å². The summed E-state index contributed by atoms with van der Waals surface area (Å²) < 4.78 is 27.9. The molecule has 1 aliphatic heterocycles. The Bertz CT molecular complexity index is 2060. The number of alkyl carbamates (subject to hydrolysis) is 1. The van der Waals surface area contributed by atoms with Crippen LogP contribution in [0.15, 0.2) is 54.5 Å². The van der Waals surface area contributed by atoms with Gasteiger partial charge in [0.15, 0.2) is 5.13 Å². The molecule has 3 aliphatic rings. The van der Waals surface area contributed by atoms with Gasteiger partial charge in [-0.3, -0.25) is 14.9 Å². The van der Waals surface area contributed by atoms with Crippen LogP contribution in [0.25, 0.3) is 22.3 Å². The number of rotatable bonds is 14. The number of nitrogens with one attached hydrogen (secondary N) is 3. The van der Waals surface area contributed by atoms with Crippen molar-refractivity contribution < 1.29 is 47.7 Å². The molecule has 2 aliphatic carbocycles. The van der Waals surface area contributed by atoms with E-state index in [-0.39, 0.29) is 31.1 Å². The van der Waals surface area contributed by atoms with Gasteiger partial charge in [-0.05, 0) is 70.6 Å². The van der Waals surface area contributed by atoms with E-state index in [4.69, 9.17) is 28.7 Å². The summed E-state index contributed by atoms with van der Waals surface area (Å²) in [5.74, 6) is -1.24. The van der Waals surface area contributed by atoms with E-state index < -0.39 is 53.7 Å². The highest BCUT2D eigenvalue weighted by Gasteiger charge is 2.62. The van der Waals surface area contributed by atoms with E-state index in [1.165, 1.54) is 30.5 Å². The number of hydrogen-bond acceptors (Lipinski definition) is 13.